The predicted molar refractivity (Wildman–Crippen MR) is 110 cm³/mol. The molecule has 3 rings (SSSR count). The van der Waals surface area contributed by atoms with Crippen LogP contribution < -0.4 is 10.6 Å². The van der Waals surface area contributed by atoms with Gasteiger partial charge < -0.3 is 15.4 Å². The standard InChI is InChI=1S/C20H22BrN3O2/c1-20(2,3)26-19(25)23-11-10-22-18-14-6-4-5-7-16(14)24-17-12-13(21)8-9-15(17)18/h4-9,12H,10-11H2,1-3H3,(H,22,24)(H,23,25). The van der Waals surface area contributed by atoms with Gasteiger partial charge in [0, 0.05) is 28.3 Å². The van der Waals surface area contributed by atoms with Gasteiger partial charge in [-0.1, -0.05) is 34.1 Å². The number of amides is 1. The Balaban J connectivity index is 1.79. The number of nitrogens with zero attached hydrogens (tertiary/aromatic N) is 1. The lowest BCUT2D eigenvalue weighted by molar-refractivity contribution is 0.0530. The van der Waals surface area contributed by atoms with Gasteiger partial charge in [0.05, 0.1) is 16.7 Å². The van der Waals surface area contributed by atoms with Gasteiger partial charge in [-0.2, -0.15) is 0 Å². The van der Waals surface area contributed by atoms with Crippen LogP contribution in [0.5, 0.6) is 0 Å². The third-order valence-electron chi connectivity index (χ3n) is 3.74. The number of anilines is 1. The number of fused-ring (bicyclic) bond motifs is 2. The summed E-state index contributed by atoms with van der Waals surface area (Å²) in [7, 11) is 0. The Morgan fingerprint density at radius 1 is 1.08 bits per heavy atom. The summed E-state index contributed by atoms with van der Waals surface area (Å²) in [5, 5.41) is 8.31. The average molecular weight is 416 g/mol. The Labute approximate surface area is 161 Å². The summed E-state index contributed by atoms with van der Waals surface area (Å²) in [4.78, 5) is 16.5. The van der Waals surface area contributed by atoms with E-state index >= 15 is 0 Å². The minimum atomic E-state index is -0.498. The van der Waals surface area contributed by atoms with Crippen molar-refractivity contribution in [3.63, 3.8) is 0 Å². The molecule has 0 saturated carbocycles. The second kappa shape index (κ2) is 7.50. The predicted octanol–water partition coefficient (Wildman–Crippen LogP) is 5.09. The Kier molecular flexibility index (Phi) is 5.32. The molecule has 1 aromatic heterocycles. The number of nitrogens with one attached hydrogen (secondary N) is 2. The topological polar surface area (TPSA) is 63.2 Å². The third kappa shape index (κ3) is 4.43. The lowest BCUT2D eigenvalue weighted by Gasteiger charge is -2.20. The van der Waals surface area contributed by atoms with Crippen LogP contribution in [-0.2, 0) is 4.74 Å². The van der Waals surface area contributed by atoms with E-state index in [0.717, 1.165) is 32.0 Å². The first kappa shape index (κ1) is 18.5. The van der Waals surface area contributed by atoms with Gasteiger partial charge in [-0.25, -0.2) is 9.78 Å². The van der Waals surface area contributed by atoms with Gasteiger partial charge in [0.2, 0.25) is 0 Å². The highest BCUT2D eigenvalue weighted by Gasteiger charge is 2.15. The van der Waals surface area contributed by atoms with Crippen molar-refractivity contribution in [1.82, 2.24) is 10.3 Å². The van der Waals surface area contributed by atoms with Crippen molar-refractivity contribution in [1.29, 1.82) is 0 Å². The number of hydrogen-bond donors (Lipinski definition) is 2. The number of halogens is 1. The molecule has 0 saturated heterocycles. The first-order valence-corrected chi connectivity index (χ1v) is 9.31. The van der Waals surface area contributed by atoms with Gasteiger partial charge in [-0.05, 0) is 45.0 Å². The van der Waals surface area contributed by atoms with Crippen LogP contribution in [0.15, 0.2) is 46.9 Å². The smallest absolute Gasteiger partial charge is 0.407 e. The molecule has 0 spiro atoms. The van der Waals surface area contributed by atoms with Gasteiger partial charge in [0.1, 0.15) is 5.60 Å². The number of alkyl carbamates (subject to hydrolysis) is 1. The van der Waals surface area contributed by atoms with Gasteiger partial charge in [-0.15, -0.1) is 0 Å². The lowest BCUT2D eigenvalue weighted by atomic mass is 10.1. The number of para-hydroxylation sites is 1. The number of hydrogen-bond acceptors (Lipinski definition) is 4. The molecule has 1 amide bonds. The van der Waals surface area contributed by atoms with Crippen molar-refractivity contribution in [2.45, 2.75) is 26.4 Å². The maximum atomic E-state index is 11.8. The molecule has 0 atom stereocenters. The van der Waals surface area contributed by atoms with Gasteiger partial charge >= 0.3 is 6.09 Å². The van der Waals surface area contributed by atoms with Crippen LogP contribution in [0.1, 0.15) is 20.8 Å². The molecule has 2 N–H and O–H groups in total. The molecule has 0 radical (unpaired) electrons. The van der Waals surface area contributed by atoms with Crippen molar-refractivity contribution >= 4 is 49.5 Å². The van der Waals surface area contributed by atoms with Crippen molar-refractivity contribution < 1.29 is 9.53 Å². The first-order valence-electron chi connectivity index (χ1n) is 8.52. The molecule has 136 valence electrons. The minimum Gasteiger partial charge on any atom is -0.444 e. The largest absolute Gasteiger partial charge is 0.444 e. The van der Waals surface area contributed by atoms with Crippen LogP contribution in [0.4, 0.5) is 10.5 Å². The zero-order valence-corrected chi connectivity index (χ0v) is 16.7. The number of ether oxygens (including phenoxy) is 1. The molecule has 5 nitrogen and oxygen atoms in total. The molecular formula is C20H22BrN3O2. The molecule has 0 bridgehead atoms. The average Bonchev–Trinajstić information content (AvgIpc) is 2.56. The summed E-state index contributed by atoms with van der Waals surface area (Å²) in [6, 6.07) is 14.1. The fourth-order valence-electron chi connectivity index (χ4n) is 2.72. The van der Waals surface area contributed by atoms with Crippen molar-refractivity contribution in [2.75, 3.05) is 18.4 Å². The fraction of sp³-hybridized carbons (Fsp3) is 0.300. The zero-order valence-electron chi connectivity index (χ0n) is 15.1. The molecule has 0 fully saturated rings. The Bertz CT molecular complexity index is 951. The molecule has 6 heteroatoms. The zero-order chi connectivity index (χ0) is 18.7. The van der Waals surface area contributed by atoms with Crippen molar-refractivity contribution in [3.8, 4) is 0 Å². The van der Waals surface area contributed by atoms with E-state index in [1.165, 1.54) is 0 Å². The van der Waals surface area contributed by atoms with E-state index in [2.05, 4.69) is 26.6 Å². The Morgan fingerprint density at radius 3 is 2.58 bits per heavy atom. The second-order valence-corrected chi connectivity index (χ2v) is 7.94. The summed E-state index contributed by atoms with van der Waals surface area (Å²) >= 11 is 3.50. The number of benzene rings is 2. The van der Waals surface area contributed by atoms with E-state index in [1.54, 1.807) is 0 Å². The second-order valence-electron chi connectivity index (χ2n) is 7.02. The molecule has 0 aliphatic heterocycles. The first-order chi connectivity index (χ1) is 12.3. The SMILES string of the molecule is CC(C)(C)OC(=O)NCCNc1c2ccccc2nc2cc(Br)ccc12. The maximum Gasteiger partial charge on any atom is 0.407 e. The Hall–Kier alpha value is -2.34. The molecule has 3 aromatic rings. The number of aromatic nitrogens is 1. The van der Waals surface area contributed by atoms with Crippen LogP contribution in [0.2, 0.25) is 0 Å². The quantitative estimate of drug-likeness (QED) is 0.460. The summed E-state index contributed by atoms with van der Waals surface area (Å²) < 4.78 is 6.24. The third-order valence-corrected chi connectivity index (χ3v) is 4.23. The highest BCUT2D eigenvalue weighted by molar-refractivity contribution is 9.10. The molecule has 1 heterocycles. The minimum absolute atomic E-state index is 0.410. The highest BCUT2D eigenvalue weighted by atomic mass is 79.9. The van der Waals surface area contributed by atoms with Gasteiger partial charge in [-0.3, -0.25) is 0 Å². The van der Waals surface area contributed by atoms with Gasteiger partial charge in [0.15, 0.2) is 0 Å². The van der Waals surface area contributed by atoms with Crippen LogP contribution in [-0.4, -0.2) is 29.8 Å². The van der Waals surface area contributed by atoms with Gasteiger partial charge in [0.25, 0.3) is 0 Å². The number of pyridine rings is 1. The van der Waals surface area contributed by atoms with Crippen molar-refractivity contribution in [3.05, 3.63) is 46.9 Å². The van der Waals surface area contributed by atoms with E-state index in [-0.39, 0.29) is 0 Å². The van der Waals surface area contributed by atoms with Crippen LogP contribution in [0.3, 0.4) is 0 Å². The monoisotopic (exact) mass is 415 g/mol. The van der Waals surface area contributed by atoms with Crippen molar-refractivity contribution in [2.24, 2.45) is 0 Å². The maximum absolute atomic E-state index is 11.8. The summed E-state index contributed by atoms with van der Waals surface area (Å²) in [5.41, 5.74) is 2.37. The van der Waals surface area contributed by atoms with E-state index in [4.69, 9.17) is 9.72 Å². The molecule has 0 unspecified atom stereocenters. The molecule has 0 aliphatic rings. The fourth-order valence-corrected chi connectivity index (χ4v) is 3.07. The van der Waals surface area contributed by atoms with Crippen LogP contribution >= 0.6 is 15.9 Å². The normalized spacial score (nSPS) is 11.5. The number of carbonyl (C=O) groups excluding carboxylic acids is 1. The summed E-state index contributed by atoms with van der Waals surface area (Å²) in [6.07, 6.45) is -0.410. The summed E-state index contributed by atoms with van der Waals surface area (Å²) in [5.74, 6) is 0. The van der Waals surface area contributed by atoms with E-state index in [9.17, 15) is 4.79 Å². The lowest BCUT2D eigenvalue weighted by Crippen LogP contribution is -2.35. The number of rotatable bonds is 4. The molecule has 2 aromatic carbocycles. The number of carbonyl (C=O) groups is 1. The van der Waals surface area contributed by atoms with Crippen LogP contribution in [0, 0.1) is 0 Å². The van der Waals surface area contributed by atoms with Crippen LogP contribution in [0.25, 0.3) is 21.8 Å². The highest BCUT2D eigenvalue weighted by Crippen LogP contribution is 2.31. The van der Waals surface area contributed by atoms with E-state index < -0.39 is 11.7 Å². The van der Waals surface area contributed by atoms with E-state index in [1.807, 2.05) is 63.2 Å². The van der Waals surface area contributed by atoms with E-state index in [0.29, 0.717) is 13.1 Å². The summed E-state index contributed by atoms with van der Waals surface area (Å²) in [6.45, 7) is 6.58. The molecule has 0 aliphatic carbocycles. The Morgan fingerprint density at radius 2 is 1.81 bits per heavy atom. The molecule has 26 heavy (non-hydrogen) atoms. The molecular weight excluding hydrogens is 394 g/mol.